The van der Waals surface area contributed by atoms with Crippen molar-refractivity contribution in [2.45, 2.75) is 18.8 Å². The van der Waals surface area contributed by atoms with Crippen molar-refractivity contribution in [2.24, 2.45) is 0 Å². The van der Waals surface area contributed by atoms with Gasteiger partial charge in [0.15, 0.2) is 17.5 Å². The van der Waals surface area contributed by atoms with Crippen LogP contribution in [-0.2, 0) is 6.42 Å². The molecule has 13 aromatic rings. The van der Waals surface area contributed by atoms with Crippen LogP contribution >= 0.6 is 0 Å². The molecule has 0 radical (unpaired) electrons. The second-order valence-electron chi connectivity index (χ2n) is 17.8. The zero-order valence-electron chi connectivity index (χ0n) is 36.3. The molecule has 0 saturated heterocycles. The highest BCUT2D eigenvalue weighted by Crippen LogP contribution is 2.49. The Morgan fingerprint density at radius 3 is 1.79 bits per heavy atom. The third-order valence-corrected chi connectivity index (χ3v) is 14.0. The lowest BCUT2D eigenvalue weighted by atomic mass is 9.81. The van der Waals surface area contributed by atoms with Gasteiger partial charge in [-0.2, -0.15) is 0 Å². The molecule has 67 heavy (non-hydrogen) atoms. The minimum absolute atomic E-state index is 0.0756. The predicted molar refractivity (Wildman–Crippen MR) is 273 cm³/mol. The van der Waals surface area contributed by atoms with Crippen LogP contribution in [0.1, 0.15) is 29.0 Å². The monoisotopic (exact) mass is 857 g/mol. The zero-order chi connectivity index (χ0) is 44.0. The number of aryl methyl sites for hydroxylation is 1. The molecule has 3 aromatic heterocycles. The van der Waals surface area contributed by atoms with Gasteiger partial charge in [-0.25, -0.2) is 15.0 Å². The molecule has 5 heteroatoms. The van der Waals surface area contributed by atoms with Crippen molar-refractivity contribution in [3.8, 4) is 56.4 Å². The second kappa shape index (κ2) is 14.9. The molecule has 0 fully saturated rings. The summed E-state index contributed by atoms with van der Waals surface area (Å²) in [5.41, 5.74) is 14.4. The molecule has 10 aromatic carbocycles. The van der Waals surface area contributed by atoms with E-state index >= 15 is 0 Å². The Morgan fingerprint density at radius 2 is 0.955 bits per heavy atom. The number of benzene rings is 10. The maximum Gasteiger partial charge on any atom is 0.167 e. The first-order valence-corrected chi connectivity index (χ1v) is 23.0. The first-order chi connectivity index (χ1) is 33.2. The van der Waals surface area contributed by atoms with E-state index in [-0.39, 0.29) is 5.92 Å². The summed E-state index contributed by atoms with van der Waals surface area (Å²) in [4.78, 5) is 16.2. The smallest absolute Gasteiger partial charge is 0.167 e. The average Bonchev–Trinajstić information content (AvgIpc) is 3.91. The molecule has 1 aliphatic carbocycles. The van der Waals surface area contributed by atoms with E-state index in [1.165, 1.54) is 38.4 Å². The fraction of sp³-hybridized carbons (Fsp3) is 0.0484. The van der Waals surface area contributed by atoms with Crippen LogP contribution in [0.15, 0.2) is 215 Å². The predicted octanol–water partition coefficient (Wildman–Crippen LogP) is 16.4. The summed E-state index contributed by atoms with van der Waals surface area (Å²) in [6.45, 7) is 0. The first kappa shape index (κ1) is 37.7. The number of furan rings is 2. The van der Waals surface area contributed by atoms with Crippen LogP contribution in [0, 0.1) is 0 Å². The Morgan fingerprint density at radius 1 is 0.358 bits per heavy atom. The maximum atomic E-state index is 7.22. The highest BCUT2D eigenvalue weighted by Gasteiger charge is 2.31. The van der Waals surface area contributed by atoms with Gasteiger partial charge < -0.3 is 8.83 Å². The standard InChI is InChI=1S/C62H39N3O2/c1-2-13-37(14-3-1)38-25-27-40(28-26-38)60-63-61(65-62(64-60)51-23-12-22-48-46-21-10-11-24-55(46)66-58(48)51)50-32-31-49-54-35-43-18-6-7-19-44(43)36-56(54)67-59(49)57(50)47-30-29-39-15-8-9-20-45(39)52-33-41-16-4-5-17-42(41)34-53(47)52/h1-28,31-36,47H,29-30H2/t47-/m1/s1. The molecule has 0 aliphatic heterocycles. The SMILES string of the molecule is c1ccc(-c2ccc(-c3nc(-c4ccc5c(oc6cc7ccccc7cc65)c4[C@@H]4CCc5ccccc5-c5cc6ccccc6cc54)nc(-c4cccc5c4oc4ccccc45)n3)cc2)cc1. The third-order valence-electron chi connectivity index (χ3n) is 14.0. The van der Waals surface area contributed by atoms with Crippen molar-refractivity contribution in [1.82, 2.24) is 15.0 Å². The molecule has 0 spiro atoms. The van der Waals surface area contributed by atoms with Crippen LogP contribution in [0.5, 0.6) is 0 Å². The lowest BCUT2D eigenvalue weighted by Gasteiger charge is -2.23. The van der Waals surface area contributed by atoms with Gasteiger partial charge in [-0.3, -0.25) is 0 Å². The van der Waals surface area contributed by atoms with E-state index in [1.54, 1.807) is 0 Å². The van der Waals surface area contributed by atoms with Crippen molar-refractivity contribution in [1.29, 1.82) is 0 Å². The highest BCUT2D eigenvalue weighted by atomic mass is 16.3. The summed E-state index contributed by atoms with van der Waals surface area (Å²) in [7, 11) is 0. The van der Waals surface area contributed by atoms with Crippen LogP contribution in [0.3, 0.4) is 0 Å². The van der Waals surface area contributed by atoms with Crippen LogP contribution < -0.4 is 0 Å². The van der Waals surface area contributed by atoms with Gasteiger partial charge in [0.1, 0.15) is 22.3 Å². The summed E-state index contributed by atoms with van der Waals surface area (Å²) in [6, 6.07) is 73.2. The number of rotatable bonds is 5. The zero-order valence-corrected chi connectivity index (χ0v) is 36.3. The van der Waals surface area contributed by atoms with Gasteiger partial charge in [0, 0.05) is 44.2 Å². The molecule has 0 saturated carbocycles. The third kappa shape index (κ3) is 6.12. The van der Waals surface area contributed by atoms with E-state index in [1.807, 2.05) is 24.3 Å². The number of nitrogens with zero attached hydrogens (tertiary/aromatic N) is 3. The topological polar surface area (TPSA) is 65.0 Å². The van der Waals surface area contributed by atoms with Crippen LogP contribution in [0.4, 0.5) is 0 Å². The minimum Gasteiger partial charge on any atom is -0.456 e. The number of hydrogen-bond acceptors (Lipinski definition) is 5. The summed E-state index contributed by atoms with van der Waals surface area (Å²) in [5, 5.41) is 8.97. The fourth-order valence-electron chi connectivity index (χ4n) is 10.7. The van der Waals surface area contributed by atoms with Crippen molar-refractivity contribution < 1.29 is 8.83 Å². The van der Waals surface area contributed by atoms with E-state index < -0.39 is 0 Å². The van der Waals surface area contributed by atoms with E-state index in [0.29, 0.717) is 17.5 Å². The second-order valence-corrected chi connectivity index (χ2v) is 17.8. The van der Waals surface area contributed by atoms with Crippen molar-refractivity contribution in [2.75, 3.05) is 0 Å². The van der Waals surface area contributed by atoms with Gasteiger partial charge in [0.05, 0.1) is 5.56 Å². The number of aromatic nitrogens is 3. The fourth-order valence-corrected chi connectivity index (χ4v) is 10.7. The number of para-hydroxylation sites is 2. The number of fused-ring (bicyclic) bond motifs is 11. The van der Waals surface area contributed by atoms with Crippen molar-refractivity contribution in [3.63, 3.8) is 0 Å². The minimum atomic E-state index is -0.0756. The summed E-state index contributed by atoms with van der Waals surface area (Å²) >= 11 is 0. The van der Waals surface area contributed by atoms with Crippen LogP contribution in [-0.4, -0.2) is 15.0 Å². The Balaban J connectivity index is 1.06. The van der Waals surface area contributed by atoms with Crippen LogP contribution in [0.2, 0.25) is 0 Å². The van der Waals surface area contributed by atoms with Gasteiger partial charge in [-0.05, 0) is 116 Å². The molecule has 0 bridgehead atoms. The molecule has 14 rings (SSSR count). The lowest BCUT2D eigenvalue weighted by molar-refractivity contribution is 0.648. The van der Waals surface area contributed by atoms with Gasteiger partial charge >= 0.3 is 0 Å². The molecule has 0 N–H and O–H groups in total. The average molecular weight is 858 g/mol. The summed E-state index contributed by atoms with van der Waals surface area (Å²) in [6.07, 6.45) is 1.75. The maximum absolute atomic E-state index is 7.22. The summed E-state index contributed by atoms with van der Waals surface area (Å²) < 4.78 is 13.9. The van der Waals surface area contributed by atoms with Gasteiger partial charge in [0.2, 0.25) is 0 Å². The Kier molecular flexibility index (Phi) is 8.40. The van der Waals surface area contributed by atoms with Crippen LogP contribution in [0.25, 0.3) is 122 Å². The molecule has 0 amide bonds. The lowest BCUT2D eigenvalue weighted by Crippen LogP contribution is -2.08. The molecule has 1 aliphatic rings. The molecule has 5 nitrogen and oxygen atoms in total. The molecule has 314 valence electrons. The van der Waals surface area contributed by atoms with Gasteiger partial charge in [-0.1, -0.05) is 158 Å². The van der Waals surface area contributed by atoms with Gasteiger partial charge in [-0.15, -0.1) is 0 Å². The van der Waals surface area contributed by atoms with Crippen molar-refractivity contribution in [3.05, 3.63) is 223 Å². The quantitative estimate of drug-likeness (QED) is 0.172. The Labute approximate surface area is 385 Å². The van der Waals surface area contributed by atoms with E-state index in [2.05, 4.69) is 182 Å². The molecule has 1 atom stereocenters. The molecule has 0 unspecified atom stereocenters. The Bertz CT molecular complexity index is 4110. The highest BCUT2D eigenvalue weighted by molar-refractivity contribution is 6.12. The normalized spacial score (nSPS) is 13.7. The molecular formula is C62H39N3O2. The van der Waals surface area contributed by atoms with E-state index in [0.717, 1.165) is 95.5 Å². The van der Waals surface area contributed by atoms with Gasteiger partial charge in [0.25, 0.3) is 0 Å². The molecular weight excluding hydrogens is 819 g/mol. The first-order valence-electron chi connectivity index (χ1n) is 23.0. The molecule has 3 heterocycles. The Hall–Kier alpha value is -8.67. The largest absolute Gasteiger partial charge is 0.456 e. The van der Waals surface area contributed by atoms with Crippen molar-refractivity contribution >= 4 is 65.4 Å². The summed E-state index contributed by atoms with van der Waals surface area (Å²) in [5.74, 6) is 1.62. The van der Waals surface area contributed by atoms with E-state index in [9.17, 15) is 0 Å². The van der Waals surface area contributed by atoms with E-state index in [4.69, 9.17) is 23.8 Å². The number of hydrogen-bond donors (Lipinski definition) is 0.